The molecule has 90 valence electrons. The monoisotopic (exact) mass is 233 g/mol. The first-order chi connectivity index (χ1) is 8.35. The molecule has 0 radical (unpaired) electrons. The first-order valence-corrected chi connectivity index (χ1v) is 5.60. The first kappa shape index (κ1) is 11.7. The lowest BCUT2D eigenvalue weighted by molar-refractivity contribution is 0.107. The van der Waals surface area contributed by atoms with E-state index in [1.807, 2.05) is 11.8 Å². The second-order valence-corrected chi connectivity index (χ2v) is 3.60. The summed E-state index contributed by atoms with van der Waals surface area (Å²) in [5.74, 6) is 4.06. The molecule has 1 atom stereocenters. The van der Waals surface area contributed by atoms with E-state index in [1.54, 1.807) is 6.07 Å². The normalized spacial score (nSPS) is 19.8. The number of ether oxygens (including phenoxy) is 2. The van der Waals surface area contributed by atoms with Crippen LogP contribution in [0.1, 0.15) is 6.92 Å². The van der Waals surface area contributed by atoms with Gasteiger partial charge in [-0.05, 0) is 6.92 Å². The fourth-order valence-electron chi connectivity index (χ4n) is 1.73. The molecule has 1 fully saturated rings. The predicted octanol–water partition coefficient (Wildman–Crippen LogP) is 0.714. The van der Waals surface area contributed by atoms with Crippen molar-refractivity contribution in [2.45, 2.75) is 13.0 Å². The Hall–Kier alpha value is -1.80. The Bertz CT molecular complexity index is 416. The van der Waals surface area contributed by atoms with Gasteiger partial charge in [0.1, 0.15) is 18.2 Å². The van der Waals surface area contributed by atoms with Gasteiger partial charge in [-0.15, -0.1) is 6.42 Å². The van der Waals surface area contributed by atoms with Gasteiger partial charge in [-0.2, -0.15) is 0 Å². The fourth-order valence-corrected chi connectivity index (χ4v) is 1.73. The molecule has 1 saturated heterocycles. The van der Waals surface area contributed by atoms with Crippen LogP contribution in [0.15, 0.2) is 12.4 Å². The average molecular weight is 233 g/mol. The highest BCUT2D eigenvalue weighted by molar-refractivity contribution is 5.44. The summed E-state index contributed by atoms with van der Waals surface area (Å²) in [5, 5.41) is 0. The van der Waals surface area contributed by atoms with E-state index in [0.29, 0.717) is 25.7 Å². The molecule has 5 nitrogen and oxygen atoms in total. The van der Waals surface area contributed by atoms with Gasteiger partial charge in [-0.25, -0.2) is 9.97 Å². The SMILES string of the molecule is C#CC1COCCN1c1cc(OCC)ncn1. The number of aromatic nitrogens is 2. The van der Waals surface area contributed by atoms with Crippen LogP contribution in [0.2, 0.25) is 0 Å². The third-order valence-corrected chi connectivity index (χ3v) is 2.53. The van der Waals surface area contributed by atoms with Gasteiger partial charge in [0.25, 0.3) is 0 Å². The predicted molar refractivity (Wildman–Crippen MR) is 64.0 cm³/mol. The number of hydrogen-bond acceptors (Lipinski definition) is 5. The molecule has 2 heterocycles. The minimum Gasteiger partial charge on any atom is -0.478 e. The number of anilines is 1. The van der Waals surface area contributed by atoms with E-state index in [1.165, 1.54) is 6.33 Å². The van der Waals surface area contributed by atoms with Crippen molar-refractivity contribution in [1.82, 2.24) is 9.97 Å². The van der Waals surface area contributed by atoms with Crippen molar-refractivity contribution in [3.05, 3.63) is 12.4 Å². The Labute approximate surface area is 101 Å². The first-order valence-electron chi connectivity index (χ1n) is 5.60. The summed E-state index contributed by atoms with van der Waals surface area (Å²) in [6.45, 7) is 4.42. The van der Waals surface area contributed by atoms with Gasteiger partial charge in [0, 0.05) is 12.6 Å². The maximum atomic E-state index is 5.48. The van der Waals surface area contributed by atoms with Crippen LogP contribution in [0, 0.1) is 12.3 Å². The number of terminal acetylenes is 1. The summed E-state index contributed by atoms with van der Waals surface area (Å²) < 4.78 is 10.7. The molecule has 2 rings (SSSR count). The van der Waals surface area contributed by atoms with Crippen molar-refractivity contribution < 1.29 is 9.47 Å². The van der Waals surface area contributed by atoms with Crippen molar-refractivity contribution in [2.75, 3.05) is 31.3 Å². The summed E-state index contributed by atoms with van der Waals surface area (Å²) in [5.41, 5.74) is 0. The molecule has 0 N–H and O–H groups in total. The summed E-state index contributed by atoms with van der Waals surface area (Å²) in [4.78, 5) is 10.3. The van der Waals surface area contributed by atoms with Crippen LogP contribution in [0.25, 0.3) is 0 Å². The lowest BCUT2D eigenvalue weighted by Crippen LogP contribution is -2.45. The maximum Gasteiger partial charge on any atom is 0.218 e. The smallest absolute Gasteiger partial charge is 0.218 e. The molecular weight excluding hydrogens is 218 g/mol. The van der Waals surface area contributed by atoms with E-state index in [4.69, 9.17) is 15.9 Å². The molecule has 0 spiro atoms. The van der Waals surface area contributed by atoms with E-state index in [2.05, 4.69) is 15.9 Å². The quantitative estimate of drug-likeness (QED) is 0.720. The Morgan fingerprint density at radius 1 is 1.65 bits per heavy atom. The van der Waals surface area contributed by atoms with Crippen molar-refractivity contribution in [2.24, 2.45) is 0 Å². The van der Waals surface area contributed by atoms with Gasteiger partial charge >= 0.3 is 0 Å². The van der Waals surface area contributed by atoms with Crippen LogP contribution < -0.4 is 9.64 Å². The lowest BCUT2D eigenvalue weighted by atomic mass is 10.2. The largest absolute Gasteiger partial charge is 0.478 e. The molecule has 0 aromatic carbocycles. The molecule has 1 aliphatic rings. The lowest BCUT2D eigenvalue weighted by Gasteiger charge is -2.33. The average Bonchev–Trinajstić information content (AvgIpc) is 2.39. The molecule has 17 heavy (non-hydrogen) atoms. The molecule has 1 aromatic heterocycles. The number of hydrogen-bond donors (Lipinski definition) is 0. The highest BCUT2D eigenvalue weighted by atomic mass is 16.5. The van der Waals surface area contributed by atoms with E-state index in [9.17, 15) is 0 Å². The Morgan fingerprint density at radius 2 is 2.53 bits per heavy atom. The molecule has 1 aliphatic heterocycles. The van der Waals surface area contributed by atoms with Gasteiger partial charge in [-0.1, -0.05) is 5.92 Å². The third-order valence-electron chi connectivity index (χ3n) is 2.53. The van der Waals surface area contributed by atoms with Gasteiger partial charge in [0.15, 0.2) is 0 Å². The maximum absolute atomic E-state index is 5.48. The van der Waals surface area contributed by atoms with Gasteiger partial charge in [-0.3, -0.25) is 0 Å². The minimum absolute atomic E-state index is 0.0758. The van der Waals surface area contributed by atoms with Crippen LogP contribution in [0.4, 0.5) is 5.82 Å². The Morgan fingerprint density at radius 3 is 3.29 bits per heavy atom. The minimum atomic E-state index is -0.0758. The number of morpholine rings is 1. The summed E-state index contributed by atoms with van der Waals surface area (Å²) in [6.07, 6.45) is 6.97. The van der Waals surface area contributed by atoms with Gasteiger partial charge in [0.05, 0.1) is 19.8 Å². The van der Waals surface area contributed by atoms with Crippen LogP contribution in [-0.4, -0.2) is 42.4 Å². The summed E-state index contributed by atoms with van der Waals surface area (Å²) in [7, 11) is 0. The second-order valence-electron chi connectivity index (χ2n) is 3.60. The van der Waals surface area contributed by atoms with Crippen molar-refractivity contribution in [3.63, 3.8) is 0 Å². The molecule has 0 aliphatic carbocycles. The molecule has 1 aromatic rings. The molecular formula is C12H15N3O2. The Kier molecular flexibility index (Phi) is 3.78. The summed E-state index contributed by atoms with van der Waals surface area (Å²) >= 11 is 0. The topological polar surface area (TPSA) is 47.5 Å². The van der Waals surface area contributed by atoms with E-state index < -0.39 is 0 Å². The van der Waals surface area contributed by atoms with Crippen LogP contribution in [-0.2, 0) is 4.74 Å². The van der Waals surface area contributed by atoms with Crippen molar-refractivity contribution in [3.8, 4) is 18.2 Å². The van der Waals surface area contributed by atoms with Crippen LogP contribution in [0.3, 0.4) is 0 Å². The molecule has 0 bridgehead atoms. The van der Waals surface area contributed by atoms with E-state index in [0.717, 1.165) is 12.4 Å². The van der Waals surface area contributed by atoms with E-state index in [-0.39, 0.29) is 6.04 Å². The zero-order valence-corrected chi connectivity index (χ0v) is 9.80. The Balaban J connectivity index is 2.20. The van der Waals surface area contributed by atoms with Gasteiger partial charge in [0.2, 0.25) is 5.88 Å². The molecule has 0 amide bonds. The second kappa shape index (κ2) is 5.51. The van der Waals surface area contributed by atoms with Crippen LogP contribution >= 0.6 is 0 Å². The molecule has 1 unspecified atom stereocenters. The highest BCUT2D eigenvalue weighted by Gasteiger charge is 2.22. The van der Waals surface area contributed by atoms with Crippen molar-refractivity contribution >= 4 is 5.82 Å². The zero-order chi connectivity index (χ0) is 12.1. The van der Waals surface area contributed by atoms with E-state index >= 15 is 0 Å². The molecule has 0 saturated carbocycles. The molecule has 5 heteroatoms. The van der Waals surface area contributed by atoms with Crippen molar-refractivity contribution in [1.29, 1.82) is 0 Å². The highest BCUT2D eigenvalue weighted by Crippen LogP contribution is 2.19. The zero-order valence-electron chi connectivity index (χ0n) is 9.80. The third kappa shape index (κ3) is 2.66. The summed E-state index contributed by atoms with van der Waals surface area (Å²) in [6, 6.07) is 1.73. The van der Waals surface area contributed by atoms with Gasteiger partial charge < -0.3 is 14.4 Å². The van der Waals surface area contributed by atoms with Crippen LogP contribution in [0.5, 0.6) is 5.88 Å². The fraction of sp³-hybridized carbons (Fsp3) is 0.500. The number of nitrogens with zero attached hydrogens (tertiary/aromatic N) is 3. The standard InChI is InChI=1S/C12H15N3O2/c1-3-10-8-16-6-5-15(10)11-7-12(17-4-2)14-9-13-11/h1,7,9-10H,4-6,8H2,2H3. The number of rotatable bonds is 3.